The Bertz CT molecular complexity index is 115. The van der Waals surface area contributed by atoms with Gasteiger partial charge in [-0.25, -0.2) is 0 Å². The smallest absolute Gasteiger partial charge is 0.519 e. The summed E-state index contributed by atoms with van der Waals surface area (Å²) in [5.41, 5.74) is 0.00882. The summed E-state index contributed by atoms with van der Waals surface area (Å²) in [7, 11) is -1.71. The van der Waals surface area contributed by atoms with E-state index in [1.54, 1.807) is 6.08 Å². The van der Waals surface area contributed by atoms with Crippen LogP contribution in [0.4, 0.5) is 0 Å². The zero-order chi connectivity index (χ0) is 8.20. The Balaban J connectivity index is 3.57. The van der Waals surface area contributed by atoms with Gasteiger partial charge in [-0.3, -0.25) is 0 Å². The molecule has 3 nitrogen and oxygen atoms in total. The molecule has 0 rings (SSSR count). The van der Waals surface area contributed by atoms with E-state index in [1.807, 2.05) is 20.8 Å². The SMILES string of the molecule is CC(C)(C)C=COB(O)O. The lowest BCUT2D eigenvalue weighted by molar-refractivity contribution is 0.255. The van der Waals surface area contributed by atoms with Crippen LogP contribution in [0, 0.1) is 5.41 Å². The highest BCUT2D eigenvalue weighted by Gasteiger charge is 2.08. The minimum atomic E-state index is -1.71. The fourth-order valence-corrected chi connectivity index (χ4v) is 0.314. The number of allylic oxidation sites excluding steroid dienone is 1. The van der Waals surface area contributed by atoms with Crippen LogP contribution in [0.2, 0.25) is 0 Å². The monoisotopic (exact) mass is 144 g/mol. The van der Waals surface area contributed by atoms with Crippen molar-refractivity contribution in [3.05, 3.63) is 12.3 Å². The highest BCUT2D eigenvalue weighted by Crippen LogP contribution is 2.14. The molecule has 58 valence electrons. The molecule has 0 radical (unpaired) electrons. The van der Waals surface area contributed by atoms with Crippen molar-refractivity contribution >= 4 is 7.32 Å². The lowest BCUT2D eigenvalue weighted by atomic mass is 9.97. The Morgan fingerprint density at radius 2 is 1.80 bits per heavy atom. The van der Waals surface area contributed by atoms with Crippen molar-refractivity contribution in [2.24, 2.45) is 5.41 Å². The van der Waals surface area contributed by atoms with Crippen LogP contribution in [0.3, 0.4) is 0 Å². The molecule has 0 aromatic carbocycles. The Kier molecular flexibility index (Phi) is 3.46. The molecule has 0 atom stereocenters. The maximum absolute atomic E-state index is 8.23. The molecule has 0 fully saturated rings. The molecule has 2 N–H and O–H groups in total. The van der Waals surface area contributed by atoms with E-state index >= 15 is 0 Å². The van der Waals surface area contributed by atoms with E-state index < -0.39 is 7.32 Å². The maximum atomic E-state index is 8.23. The van der Waals surface area contributed by atoms with Crippen LogP contribution in [-0.4, -0.2) is 17.4 Å². The second-order valence-corrected chi connectivity index (χ2v) is 3.13. The number of rotatable bonds is 2. The predicted molar refractivity (Wildman–Crippen MR) is 39.9 cm³/mol. The van der Waals surface area contributed by atoms with Gasteiger partial charge >= 0.3 is 7.32 Å². The predicted octanol–water partition coefficient (Wildman–Crippen LogP) is 0.532. The quantitative estimate of drug-likeness (QED) is 0.439. The van der Waals surface area contributed by atoms with Crippen LogP contribution < -0.4 is 0 Å². The normalized spacial score (nSPS) is 12.1. The first-order chi connectivity index (χ1) is 4.42. The molecule has 10 heavy (non-hydrogen) atoms. The Morgan fingerprint density at radius 1 is 1.30 bits per heavy atom. The fraction of sp³-hybridized carbons (Fsp3) is 0.667. The van der Waals surface area contributed by atoms with Gasteiger partial charge in [0.05, 0.1) is 6.26 Å². The third kappa shape index (κ3) is 7.52. The van der Waals surface area contributed by atoms with Crippen LogP contribution in [0.15, 0.2) is 12.3 Å². The molecule has 0 spiro atoms. The van der Waals surface area contributed by atoms with Gasteiger partial charge in [-0.15, -0.1) is 0 Å². The van der Waals surface area contributed by atoms with Gasteiger partial charge in [0.1, 0.15) is 0 Å². The Morgan fingerprint density at radius 3 is 2.10 bits per heavy atom. The molecule has 0 aliphatic rings. The largest absolute Gasteiger partial charge is 0.707 e. The Labute approximate surface area is 61.5 Å². The van der Waals surface area contributed by atoms with Gasteiger partial charge in [-0.1, -0.05) is 20.8 Å². The van der Waals surface area contributed by atoms with Crippen LogP contribution in [0.5, 0.6) is 0 Å². The van der Waals surface area contributed by atoms with Gasteiger partial charge in [0.25, 0.3) is 0 Å². The van der Waals surface area contributed by atoms with Crippen molar-refractivity contribution in [3.8, 4) is 0 Å². The first kappa shape index (κ1) is 9.52. The summed E-state index contributed by atoms with van der Waals surface area (Å²) in [5, 5.41) is 16.5. The van der Waals surface area contributed by atoms with Crippen LogP contribution in [0.1, 0.15) is 20.8 Å². The summed E-state index contributed by atoms with van der Waals surface area (Å²) >= 11 is 0. The molecule has 0 saturated carbocycles. The zero-order valence-electron chi connectivity index (χ0n) is 6.53. The third-order valence-corrected chi connectivity index (χ3v) is 0.768. The van der Waals surface area contributed by atoms with Crippen molar-refractivity contribution in [2.75, 3.05) is 0 Å². The summed E-state index contributed by atoms with van der Waals surface area (Å²) in [6, 6.07) is 0. The first-order valence-electron chi connectivity index (χ1n) is 3.11. The molecule has 0 aromatic heterocycles. The molecule has 0 aliphatic heterocycles. The van der Waals surface area contributed by atoms with Gasteiger partial charge in [0, 0.05) is 0 Å². The zero-order valence-corrected chi connectivity index (χ0v) is 6.53. The van der Waals surface area contributed by atoms with Gasteiger partial charge in [-0.05, 0) is 11.5 Å². The highest BCUT2D eigenvalue weighted by molar-refractivity contribution is 6.32. The highest BCUT2D eigenvalue weighted by atomic mass is 16.6. The fourth-order valence-electron chi connectivity index (χ4n) is 0.314. The van der Waals surface area contributed by atoms with Crippen molar-refractivity contribution in [1.29, 1.82) is 0 Å². The van der Waals surface area contributed by atoms with Crippen molar-refractivity contribution in [1.82, 2.24) is 0 Å². The standard InChI is InChI=1S/C6H13BO3/c1-6(2,3)4-5-10-7(8)9/h4-5,8-9H,1-3H3. The molecule has 4 heteroatoms. The van der Waals surface area contributed by atoms with E-state index in [0.29, 0.717) is 0 Å². The number of hydrogen-bond acceptors (Lipinski definition) is 3. The van der Waals surface area contributed by atoms with E-state index in [9.17, 15) is 0 Å². The molecular weight excluding hydrogens is 131 g/mol. The summed E-state index contributed by atoms with van der Waals surface area (Å²) in [6.07, 6.45) is 3.02. The molecular formula is C6H13BO3. The topological polar surface area (TPSA) is 49.7 Å². The van der Waals surface area contributed by atoms with E-state index in [2.05, 4.69) is 4.65 Å². The van der Waals surface area contributed by atoms with E-state index in [4.69, 9.17) is 10.0 Å². The average Bonchev–Trinajstić information content (AvgIpc) is 1.59. The van der Waals surface area contributed by atoms with Crippen molar-refractivity contribution < 1.29 is 14.7 Å². The van der Waals surface area contributed by atoms with E-state index in [-0.39, 0.29) is 5.41 Å². The van der Waals surface area contributed by atoms with Crippen LogP contribution in [-0.2, 0) is 4.65 Å². The van der Waals surface area contributed by atoms with E-state index in [0.717, 1.165) is 0 Å². The Hall–Kier alpha value is -0.475. The molecule has 0 saturated heterocycles. The molecule has 0 heterocycles. The minimum absolute atomic E-state index is 0.00882. The molecule has 0 aliphatic carbocycles. The lowest BCUT2D eigenvalue weighted by Crippen LogP contribution is -2.13. The second kappa shape index (κ2) is 3.63. The summed E-state index contributed by atoms with van der Waals surface area (Å²) in [4.78, 5) is 0. The number of hydrogen-bond donors (Lipinski definition) is 2. The summed E-state index contributed by atoms with van der Waals surface area (Å²) < 4.78 is 4.35. The molecule has 0 unspecified atom stereocenters. The third-order valence-electron chi connectivity index (χ3n) is 0.768. The molecule has 0 aromatic rings. The van der Waals surface area contributed by atoms with E-state index in [1.165, 1.54) is 6.26 Å². The van der Waals surface area contributed by atoms with Crippen molar-refractivity contribution in [2.45, 2.75) is 20.8 Å². The van der Waals surface area contributed by atoms with Crippen molar-refractivity contribution in [3.63, 3.8) is 0 Å². The summed E-state index contributed by atoms with van der Waals surface area (Å²) in [6.45, 7) is 5.95. The van der Waals surface area contributed by atoms with Gasteiger partial charge in [0.2, 0.25) is 0 Å². The minimum Gasteiger partial charge on any atom is -0.519 e. The lowest BCUT2D eigenvalue weighted by Gasteiger charge is -2.10. The first-order valence-corrected chi connectivity index (χ1v) is 3.11. The second-order valence-electron chi connectivity index (χ2n) is 3.13. The summed E-state index contributed by atoms with van der Waals surface area (Å²) in [5.74, 6) is 0. The van der Waals surface area contributed by atoms with Gasteiger partial charge < -0.3 is 14.7 Å². The maximum Gasteiger partial charge on any atom is 0.707 e. The van der Waals surface area contributed by atoms with Crippen LogP contribution in [0.25, 0.3) is 0 Å². The molecule has 0 bridgehead atoms. The van der Waals surface area contributed by atoms with Gasteiger partial charge in [-0.2, -0.15) is 0 Å². The molecule has 0 amide bonds. The van der Waals surface area contributed by atoms with Crippen LogP contribution >= 0.6 is 0 Å². The van der Waals surface area contributed by atoms with Gasteiger partial charge in [0.15, 0.2) is 0 Å². The average molecular weight is 144 g/mol.